The van der Waals surface area contributed by atoms with Crippen LogP contribution in [0.5, 0.6) is 0 Å². The van der Waals surface area contributed by atoms with Crippen LogP contribution in [0.25, 0.3) is 0 Å². The first-order chi connectivity index (χ1) is 8.79. The number of hydrogen-bond acceptors (Lipinski definition) is 3. The number of nitrogens with zero attached hydrogens (tertiary/aromatic N) is 1. The Labute approximate surface area is 108 Å². The van der Waals surface area contributed by atoms with Crippen LogP contribution in [0.3, 0.4) is 0 Å². The number of carbonyl (C=O) groups is 1. The molecule has 1 heterocycles. The quantitative estimate of drug-likeness (QED) is 0.886. The van der Waals surface area contributed by atoms with E-state index in [4.69, 9.17) is 4.74 Å². The number of ether oxygens (including phenoxy) is 1. The van der Waals surface area contributed by atoms with Crippen molar-refractivity contribution in [3.05, 3.63) is 35.9 Å². The minimum Gasteiger partial charge on any atom is -0.445 e. The summed E-state index contributed by atoms with van der Waals surface area (Å²) in [5.41, 5.74) is 1.02. The zero-order valence-corrected chi connectivity index (χ0v) is 10.8. The van der Waals surface area contributed by atoms with Crippen LogP contribution in [0.15, 0.2) is 30.3 Å². The summed E-state index contributed by atoms with van der Waals surface area (Å²) in [7, 11) is 0. The van der Waals surface area contributed by atoms with Crippen molar-refractivity contribution in [3.63, 3.8) is 0 Å². The normalized spacial score (nSPS) is 18.9. The maximum atomic E-state index is 11.8. The molecular formula is C14H20N2O2. The van der Waals surface area contributed by atoms with Crippen LogP contribution in [0.4, 0.5) is 4.79 Å². The number of hydrogen-bond donors (Lipinski definition) is 1. The molecule has 1 aliphatic heterocycles. The second kappa shape index (κ2) is 6.40. The highest BCUT2D eigenvalue weighted by Gasteiger charge is 2.26. The summed E-state index contributed by atoms with van der Waals surface area (Å²) in [6.45, 7) is 4.91. The molecule has 1 aliphatic rings. The number of amides is 1. The first-order valence-corrected chi connectivity index (χ1v) is 6.48. The predicted octanol–water partition coefficient (Wildman–Crippen LogP) is 2.01. The monoisotopic (exact) mass is 248 g/mol. The zero-order valence-electron chi connectivity index (χ0n) is 10.8. The second-order valence-electron chi connectivity index (χ2n) is 4.53. The highest BCUT2D eigenvalue weighted by atomic mass is 16.6. The Hall–Kier alpha value is -1.55. The molecule has 4 nitrogen and oxygen atoms in total. The smallest absolute Gasteiger partial charge is 0.410 e. The van der Waals surface area contributed by atoms with Crippen molar-refractivity contribution in [2.45, 2.75) is 26.0 Å². The average molecular weight is 248 g/mol. The van der Waals surface area contributed by atoms with E-state index >= 15 is 0 Å². The highest BCUT2D eigenvalue weighted by Crippen LogP contribution is 2.11. The van der Waals surface area contributed by atoms with Crippen molar-refractivity contribution in [3.8, 4) is 0 Å². The molecular weight excluding hydrogens is 228 g/mol. The van der Waals surface area contributed by atoms with E-state index in [9.17, 15) is 4.79 Å². The molecule has 0 radical (unpaired) electrons. The average Bonchev–Trinajstić information content (AvgIpc) is 2.86. The number of rotatable bonds is 4. The molecule has 1 atom stereocenters. The summed E-state index contributed by atoms with van der Waals surface area (Å²) >= 11 is 0. The molecule has 0 spiro atoms. The van der Waals surface area contributed by atoms with Crippen molar-refractivity contribution in [1.82, 2.24) is 10.2 Å². The van der Waals surface area contributed by atoms with Gasteiger partial charge in [-0.3, -0.25) is 0 Å². The molecule has 0 bridgehead atoms. The van der Waals surface area contributed by atoms with Crippen LogP contribution in [-0.4, -0.2) is 36.7 Å². The first-order valence-electron chi connectivity index (χ1n) is 6.48. The fourth-order valence-electron chi connectivity index (χ4n) is 2.19. The Morgan fingerprint density at radius 1 is 1.44 bits per heavy atom. The molecule has 1 amide bonds. The summed E-state index contributed by atoms with van der Waals surface area (Å²) in [5, 5.41) is 3.35. The summed E-state index contributed by atoms with van der Waals surface area (Å²) in [5.74, 6) is 0. The van der Waals surface area contributed by atoms with Crippen LogP contribution in [0.1, 0.15) is 18.9 Å². The molecule has 1 fully saturated rings. The van der Waals surface area contributed by atoms with Crippen LogP contribution in [0.2, 0.25) is 0 Å². The van der Waals surface area contributed by atoms with Crippen LogP contribution >= 0.6 is 0 Å². The van der Waals surface area contributed by atoms with Gasteiger partial charge in [-0.25, -0.2) is 4.79 Å². The van der Waals surface area contributed by atoms with E-state index in [1.807, 2.05) is 30.3 Å². The number of likely N-dealkylation sites (tertiary alicyclic amines) is 1. The van der Waals surface area contributed by atoms with Gasteiger partial charge in [0, 0.05) is 19.1 Å². The van der Waals surface area contributed by atoms with Crippen molar-refractivity contribution >= 4 is 6.09 Å². The molecule has 4 heteroatoms. The molecule has 18 heavy (non-hydrogen) atoms. The SMILES string of the molecule is CCN[C@@H]1CCN(C(=O)OCc2ccccc2)C1. The molecule has 1 saturated heterocycles. The highest BCUT2D eigenvalue weighted by molar-refractivity contribution is 5.68. The Morgan fingerprint density at radius 2 is 2.22 bits per heavy atom. The molecule has 1 aromatic rings. The predicted molar refractivity (Wildman–Crippen MR) is 70.3 cm³/mol. The molecule has 0 unspecified atom stereocenters. The minimum atomic E-state index is -0.209. The van der Waals surface area contributed by atoms with Crippen molar-refractivity contribution in [2.75, 3.05) is 19.6 Å². The molecule has 0 aliphatic carbocycles. The number of carbonyl (C=O) groups excluding carboxylic acids is 1. The van der Waals surface area contributed by atoms with E-state index in [0.717, 1.165) is 31.6 Å². The number of nitrogens with one attached hydrogen (secondary N) is 1. The van der Waals surface area contributed by atoms with Crippen molar-refractivity contribution < 1.29 is 9.53 Å². The van der Waals surface area contributed by atoms with E-state index in [2.05, 4.69) is 12.2 Å². The van der Waals surface area contributed by atoms with Gasteiger partial charge in [0.1, 0.15) is 6.61 Å². The maximum Gasteiger partial charge on any atom is 0.410 e. The molecule has 0 saturated carbocycles. The molecule has 98 valence electrons. The largest absolute Gasteiger partial charge is 0.445 e. The third-order valence-corrected chi connectivity index (χ3v) is 3.14. The first kappa shape index (κ1) is 12.9. The molecule has 2 rings (SSSR count). The Bertz CT molecular complexity index is 381. The van der Waals surface area contributed by atoms with Gasteiger partial charge in [0.05, 0.1) is 0 Å². The van der Waals surface area contributed by atoms with Gasteiger partial charge in [-0.1, -0.05) is 37.3 Å². The Kier molecular flexibility index (Phi) is 4.59. The van der Waals surface area contributed by atoms with Gasteiger partial charge in [-0.05, 0) is 18.5 Å². The van der Waals surface area contributed by atoms with Crippen LogP contribution in [-0.2, 0) is 11.3 Å². The number of likely N-dealkylation sites (N-methyl/N-ethyl adjacent to an activating group) is 1. The molecule has 1 N–H and O–H groups in total. The van der Waals surface area contributed by atoms with Crippen LogP contribution < -0.4 is 5.32 Å². The van der Waals surface area contributed by atoms with Crippen LogP contribution in [0, 0.1) is 0 Å². The maximum absolute atomic E-state index is 11.8. The van der Waals surface area contributed by atoms with E-state index in [-0.39, 0.29) is 6.09 Å². The summed E-state index contributed by atoms with van der Waals surface area (Å²) in [6, 6.07) is 10.2. The van der Waals surface area contributed by atoms with Gasteiger partial charge in [-0.15, -0.1) is 0 Å². The Balaban J connectivity index is 1.76. The minimum absolute atomic E-state index is 0.209. The standard InChI is InChI=1S/C14H20N2O2/c1-2-15-13-8-9-16(10-13)14(17)18-11-12-6-4-3-5-7-12/h3-7,13,15H,2,8-11H2,1H3/t13-/m1/s1. The van der Waals surface area contributed by atoms with Gasteiger partial charge >= 0.3 is 6.09 Å². The van der Waals surface area contributed by atoms with Crippen molar-refractivity contribution in [2.24, 2.45) is 0 Å². The topological polar surface area (TPSA) is 41.6 Å². The lowest BCUT2D eigenvalue weighted by atomic mass is 10.2. The lowest BCUT2D eigenvalue weighted by Crippen LogP contribution is -2.35. The summed E-state index contributed by atoms with van der Waals surface area (Å²) in [4.78, 5) is 13.6. The van der Waals surface area contributed by atoms with Gasteiger partial charge in [0.25, 0.3) is 0 Å². The van der Waals surface area contributed by atoms with Gasteiger partial charge < -0.3 is 15.0 Å². The molecule has 1 aromatic carbocycles. The van der Waals surface area contributed by atoms with Gasteiger partial charge in [0.2, 0.25) is 0 Å². The van der Waals surface area contributed by atoms with Gasteiger partial charge in [-0.2, -0.15) is 0 Å². The van der Waals surface area contributed by atoms with E-state index in [0.29, 0.717) is 12.6 Å². The fraction of sp³-hybridized carbons (Fsp3) is 0.500. The second-order valence-corrected chi connectivity index (χ2v) is 4.53. The van der Waals surface area contributed by atoms with E-state index in [1.54, 1.807) is 4.90 Å². The fourth-order valence-corrected chi connectivity index (χ4v) is 2.19. The third kappa shape index (κ3) is 3.47. The zero-order chi connectivity index (χ0) is 12.8. The Morgan fingerprint density at radius 3 is 2.94 bits per heavy atom. The summed E-state index contributed by atoms with van der Waals surface area (Å²) < 4.78 is 5.30. The number of benzene rings is 1. The van der Waals surface area contributed by atoms with E-state index < -0.39 is 0 Å². The summed E-state index contributed by atoms with van der Waals surface area (Å²) in [6.07, 6.45) is 0.799. The lowest BCUT2D eigenvalue weighted by molar-refractivity contribution is 0.103. The lowest BCUT2D eigenvalue weighted by Gasteiger charge is -2.16. The molecule has 0 aromatic heterocycles. The van der Waals surface area contributed by atoms with Gasteiger partial charge in [0.15, 0.2) is 0 Å². The third-order valence-electron chi connectivity index (χ3n) is 3.14. The van der Waals surface area contributed by atoms with Crippen molar-refractivity contribution in [1.29, 1.82) is 0 Å². The van der Waals surface area contributed by atoms with E-state index in [1.165, 1.54) is 0 Å².